The summed E-state index contributed by atoms with van der Waals surface area (Å²) in [5, 5.41) is 7.82. The summed E-state index contributed by atoms with van der Waals surface area (Å²) in [7, 11) is 1.82. The smallest absolute Gasteiger partial charge is 0.191 e. The second-order valence-electron chi connectivity index (χ2n) is 7.18. The molecule has 2 fully saturated rings. The van der Waals surface area contributed by atoms with E-state index in [-0.39, 0.29) is 11.9 Å². The van der Waals surface area contributed by atoms with E-state index in [2.05, 4.69) is 26.8 Å². The Balaban J connectivity index is 1.61. The van der Waals surface area contributed by atoms with Gasteiger partial charge in [-0.15, -0.1) is 0 Å². The van der Waals surface area contributed by atoms with Crippen LogP contribution >= 0.6 is 11.8 Å². The van der Waals surface area contributed by atoms with Crippen LogP contribution in [0, 0.1) is 5.82 Å². The van der Waals surface area contributed by atoms with Crippen molar-refractivity contribution in [3.05, 3.63) is 35.6 Å². The Kier molecular flexibility index (Phi) is 7.79. The van der Waals surface area contributed by atoms with Gasteiger partial charge in [0.05, 0.1) is 19.3 Å². The Morgan fingerprint density at radius 3 is 2.67 bits per heavy atom. The van der Waals surface area contributed by atoms with Crippen LogP contribution in [0.1, 0.15) is 30.9 Å². The fraction of sp³-hybridized carbons (Fsp3) is 0.650. The molecule has 1 aromatic carbocycles. The molecule has 3 atom stereocenters. The van der Waals surface area contributed by atoms with Crippen LogP contribution in [0.3, 0.4) is 0 Å². The molecule has 1 saturated heterocycles. The number of ether oxygens (including phenoxy) is 1. The summed E-state index contributed by atoms with van der Waals surface area (Å²) < 4.78 is 18.9. The molecule has 1 heterocycles. The number of halogens is 1. The van der Waals surface area contributed by atoms with E-state index in [0.717, 1.165) is 49.6 Å². The van der Waals surface area contributed by atoms with Gasteiger partial charge >= 0.3 is 0 Å². The predicted molar refractivity (Wildman–Crippen MR) is 111 cm³/mol. The van der Waals surface area contributed by atoms with Crippen molar-refractivity contribution in [3.63, 3.8) is 0 Å². The molecule has 150 valence electrons. The number of aliphatic imine (C=N–C) groups is 1. The first kappa shape index (κ1) is 20.4. The van der Waals surface area contributed by atoms with Crippen molar-refractivity contribution in [2.24, 2.45) is 4.99 Å². The Bertz CT molecular complexity index is 607. The molecule has 27 heavy (non-hydrogen) atoms. The molecule has 2 N–H and O–H groups in total. The van der Waals surface area contributed by atoms with Crippen molar-refractivity contribution in [1.82, 2.24) is 15.5 Å². The van der Waals surface area contributed by atoms with Gasteiger partial charge in [-0.25, -0.2) is 4.39 Å². The summed E-state index contributed by atoms with van der Waals surface area (Å²) in [6, 6.07) is 7.49. The van der Waals surface area contributed by atoms with Crippen LogP contribution in [0.2, 0.25) is 0 Å². The van der Waals surface area contributed by atoms with E-state index in [9.17, 15) is 4.39 Å². The lowest BCUT2D eigenvalue weighted by Crippen LogP contribution is -2.48. The van der Waals surface area contributed by atoms with Crippen LogP contribution in [-0.4, -0.2) is 68.3 Å². The zero-order chi connectivity index (χ0) is 19.1. The van der Waals surface area contributed by atoms with Gasteiger partial charge in [0.15, 0.2) is 5.96 Å². The van der Waals surface area contributed by atoms with E-state index < -0.39 is 0 Å². The number of hydrogen-bond donors (Lipinski definition) is 2. The number of nitrogens with one attached hydrogen (secondary N) is 2. The van der Waals surface area contributed by atoms with Crippen LogP contribution in [-0.2, 0) is 4.74 Å². The molecule has 3 rings (SSSR count). The molecule has 5 nitrogen and oxygen atoms in total. The van der Waals surface area contributed by atoms with Crippen molar-refractivity contribution in [2.45, 2.75) is 36.6 Å². The van der Waals surface area contributed by atoms with Gasteiger partial charge in [0.25, 0.3) is 0 Å². The Morgan fingerprint density at radius 1 is 1.30 bits per heavy atom. The fourth-order valence-corrected chi connectivity index (χ4v) is 4.70. The molecule has 1 saturated carbocycles. The SMILES string of the molecule is CN=C(NCC(c1ccc(F)cc1)N1CCOCC1)NC1CCC(SC)C1. The molecule has 7 heteroatoms. The topological polar surface area (TPSA) is 48.9 Å². The van der Waals surface area contributed by atoms with Gasteiger partial charge in [-0.2, -0.15) is 11.8 Å². The highest BCUT2D eigenvalue weighted by atomic mass is 32.2. The number of nitrogens with zero attached hydrogens (tertiary/aromatic N) is 2. The average Bonchev–Trinajstić information content (AvgIpc) is 3.17. The van der Waals surface area contributed by atoms with Gasteiger partial charge in [0.2, 0.25) is 0 Å². The monoisotopic (exact) mass is 394 g/mol. The minimum absolute atomic E-state index is 0.163. The van der Waals surface area contributed by atoms with Crippen molar-refractivity contribution in [2.75, 3.05) is 46.2 Å². The Hall–Kier alpha value is -1.31. The highest BCUT2D eigenvalue weighted by Gasteiger charge is 2.26. The second kappa shape index (κ2) is 10.3. The molecule has 0 spiro atoms. The molecule has 1 aliphatic heterocycles. The van der Waals surface area contributed by atoms with E-state index in [4.69, 9.17) is 4.74 Å². The van der Waals surface area contributed by atoms with Crippen molar-refractivity contribution in [1.29, 1.82) is 0 Å². The minimum atomic E-state index is -0.200. The molecule has 0 aromatic heterocycles. The molecule has 2 aliphatic rings. The first-order valence-corrected chi connectivity index (χ1v) is 11.1. The standard InChI is InChI=1S/C20H31FN4OS/c1-22-20(24-17-7-8-18(13-17)27-2)23-14-19(25-9-11-26-12-10-25)15-3-5-16(21)6-4-15/h3-6,17-19H,7-14H2,1-2H3,(H2,22,23,24). The first-order valence-electron chi connectivity index (χ1n) is 9.77. The van der Waals surface area contributed by atoms with Gasteiger partial charge in [0.1, 0.15) is 5.82 Å². The maximum absolute atomic E-state index is 13.4. The summed E-state index contributed by atoms with van der Waals surface area (Å²) in [5.74, 6) is 0.650. The lowest BCUT2D eigenvalue weighted by atomic mass is 10.0. The lowest BCUT2D eigenvalue weighted by molar-refractivity contribution is 0.0170. The Labute approximate surface area is 166 Å². The third kappa shape index (κ3) is 5.83. The minimum Gasteiger partial charge on any atom is -0.379 e. The highest BCUT2D eigenvalue weighted by Crippen LogP contribution is 2.28. The van der Waals surface area contributed by atoms with E-state index in [1.165, 1.54) is 31.4 Å². The number of hydrogen-bond acceptors (Lipinski definition) is 4. The fourth-order valence-electron chi connectivity index (χ4n) is 3.90. The van der Waals surface area contributed by atoms with Crippen LogP contribution in [0.25, 0.3) is 0 Å². The highest BCUT2D eigenvalue weighted by molar-refractivity contribution is 7.99. The zero-order valence-corrected chi connectivity index (χ0v) is 17.1. The average molecular weight is 395 g/mol. The number of rotatable bonds is 6. The molecule has 0 amide bonds. The molecule has 0 radical (unpaired) electrons. The van der Waals surface area contributed by atoms with Crippen molar-refractivity contribution in [3.8, 4) is 0 Å². The van der Waals surface area contributed by atoms with Crippen LogP contribution in [0.4, 0.5) is 4.39 Å². The van der Waals surface area contributed by atoms with Gasteiger partial charge in [-0.1, -0.05) is 12.1 Å². The van der Waals surface area contributed by atoms with Gasteiger partial charge in [-0.05, 0) is 43.2 Å². The summed E-state index contributed by atoms with van der Waals surface area (Å²) in [5.41, 5.74) is 1.12. The molecule has 0 bridgehead atoms. The first-order chi connectivity index (χ1) is 13.2. The van der Waals surface area contributed by atoms with Gasteiger partial charge < -0.3 is 15.4 Å². The van der Waals surface area contributed by atoms with Crippen LogP contribution in [0.15, 0.2) is 29.3 Å². The quantitative estimate of drug-likeness (QED) is 0.574. The molecule has 1 aliphatic carbocycles. The third-order valence-electron chi connectivity index (χ3n) is 5.49. The third-order valence-corrected chi connectivity index (χ3v) is 6.58. The Morgan fingerprint density at radius 2 is 2.04 bits per heavy atom. The molecule has 3 unspecified atom stereocenters. The largest absolute Gasteiger partial charge is 0.379 e. The summed E-state index contributed by atoms with van der Waals surface area (Å²) >= 11 is 1.96. The second-order valence-corrected chi connectivity index (χ2v) is 8.32. The predicted octanol–water partition coefficient (Wildman–Crippen LogP) is 2.65. The van der Waals surface area contributed by atoms with Crippen molar-refractivity contribution >= 4 is 17.7 Å². The van der Waals surface area contributed by atoms with E-state index in [1.54, 1.807) is 0 Å². The number of guanidine groups is 1. The molecular formula is C20H31FN4OS. The normalized spacial score (nSPS) is 25.4. The van der Waals surface area contributed by atoms with Gasteiger partial charge in [-0.3, -0.25) is 9.89 Å². The summed E-state index contributed by atoms with van der Waals surface area (Å²) in [4.78, 5) is 6.81. The van der Waals surface area contributed by atoms with E-state index in [1.807, 2.05) is 30.9 Å². The number of benzene rings is 1. The number of thioether (sulfide) groups is 1. The molecular weight excluding hydrogens is 363 g/mol. The lowest BCUT2D eigenvalue weighted by Gasteiger charge is -2.35. The summed E-state index contributed by atoms with van der Waals surface area (Å²) in [6.45, 7) is 3.97. The summed E-state index contributed by atoms with van der Waals surface area (Å²) in [6.07, 6.45) is 5.83. The number of morpholine rings is 1. The van der Waals surface area contributed by atoms with Gasteiger partial charge in [0, 0.05) is 38.0 Å². The van der Waals surface area contributed by atoms with Crippen LogP contribution < -0.4 is 10.6 Å². The van der Waals surface area contributed by atoms with Crippen LogP contribution in [0.5, 0.6) is 0 Å². The maximum Gasteiger partial charge on any atom is 0.191 e. The maximum atomic E-state index is 13.4. The van der Waals surface area contributed by atoms with E-state index >= 15 is 0 Å². The van der Waals surface area contributed by atoms with Crippen molar-refractivity contribution < 1.29 is 9.13 Å². The molecule has 1 aromatic rings. The zero-order valence-electron chi connectivity index (χ0n) is 16.3. The van der Waals surface area contributed by atoms with E-state index in [0.29, 0.717) is 6.04 Å².